The van der Waals surface area contributed by atoms with E-state index in [4.69, 9.17) is 21.1 Å². The highest BCUT2D eigenvalue weighted by molar-refractivity contribution is 6.31. The van der Waals surface area contributed by atoms with Gasteiger partial charge in [-0.15, -0.1) is 24.8 Å². The predicted octanol–water partition coefficient (Wildman–Crippen LogP) is 1.66. The maximum Gasteiger partial charge on any atom is 0.239 e. The molecule has 26 heavy (non-hydrogen) atoms. The van der Waals surface area contributed by atoms with Gasteiger partial charge in [0, 0.05) is 31.2 Å². The summed E-state index contributed by atoms with van der Waals surface area (Å²) in [6, 6.07) is 7.57. The maximum absolute atomic E-state index is 12.4. The summed E-state index contributed by atoms with van der Waals surface area (Å²) >= 11 is 6.40. The van der Waals surface area contributed by atoms with Crippen molar-refractivity contribution in [2.45, 2.75) is 12.1 Å². The normalized spacial score (nSPS) is 21.8. The molecule has 2 heterocycles. The Hall–Kier alpha value is -0.600. The van der Waals surface area contributed by atoms with Gasteiger partial charge in [-0.2, -0.15) is 0 Å². The van der Waals surface area contributed by atoms with Crippen LogP contribution in [0, 0.1) is 0 Å². The van der Waals surface area contributed by atoms with Crippen LogP contribution in [0.5, 0.6) is 0 Å². The number of amides is 1. The zero-order valence-electron chi connectivity index (χ0n) is 14.5. The lowest BCUT2D eigenvalue weighted by Crippen LogP contribution is -2.53. The molecule has 2 fully saturated rings. The highest BCUT2D eigenvalue weighted by atomic mass is 35.5. The fourth-order valence-corrected chi connectivity index (χ4v) is 3.39. The van der Waals surface area contributed by atoms with E-state index >= 15 is 0 Å². The minimum atomic E-state index is -0.282. The Kier molecular flexibility index (Phi) is 10.8. The first-order chi connectivity index (χ1) is 11.8. The van der Waals surface area contributed by atoms with Crippen LogP contribution in [0.15, 0.2) is 24.3 Å². The lowest BCUT2D eigenvalue weighted by atomic mass is 10.0. The monoisotopic (exact) mass is 425 g/mol. The Balaban J connectivity index is 0.00000169. The van der Waals surface area contributed by atoms with Gasteiger partial charge in [-0.25, -0.2) is 0 Å². The van der Waals surface area contributed by atoms with E-state index in [9.17, 15) is 4.79 Å². The van der Waals surface area contributed by atoms with Crippen LogP contribution in [0.2, 0.25) is 5.02 Å². The van der Waals surface area contributed by atoms with E-state index in [-0.39, 0.29) is 42.8 Å². The number of carbonyl (C=O) groups excluding carboxylic acids is 1. The molecule has 2 unspecified atom stereocenters. The quantitative estimate of drug-likeness (QED) is 0.750. The summed E-state index contributed by atoms with van der Waals surface area (Å²) in [5.74, 6) is -0.0278. The minimum absolute atomic E-state index is 0. The molecule has 148 valence electrons. The highest BCUT2D eigenvalue weighted by Crippen LogP contribution is 2.27. The summed E-state index contributed by atoms with van der Waals surface area (Å²) in [6.45, 7) is 5.35. The molecule has 0 spiro atoms. The number of halogens is 3. The van der Waals surface area contributed by atoms with Gasteiger partial charge in [0.15, 0.2) is 0 Å². The molecule has 0 aromatic heterocycles. The van der Waals surface area contributed by atoms with Gasteiger partial charge in [0.2, 0.25) is 5.91 Å². The molecule has 6 nitrogen and oxygen atoms in total. The van der Waals surface area contributed by atoms with Gasteiger partial charge < -0.3 is 20.1 Å². The van der Waals surface area contributed by atoms with E-state index in [1.807, 2.05) is 24.3 Å². The zero-order chi connectivity index (χ0) is 16.8. The smallest absolute Gasteiger partial charge is 0.239 e. The number of hydrogen-bond acceptors (Lipinski definition) is 5. The first-order valence-electron chi connectivity index (χ1n) is 8.41. The van der Waals surface area contributed by atoms with Crippen molar-refractivity contribution in [3.63, 3.8) is 0 Å². The minimum Gasteiger partial charge on any atom is -0.379 e. The number of rotatable bonds is 5. The second kappa shape index (κ2) is 12.0. The molecule has 1 aromatic rings. The third kappa shape index (κ3) is 6.23. The van der Waals surface area contributed by atoms with Gasteiger partial charge in [0.1, 0.15) is 6.04 Å². The second-order valence-corrected chi connectivity index (χ2v) is 6.42. The van der Waals surface area contributed by atoms with Crippen LogP contribution in [0.3, 0.4) is 0 Å². The molecule has 2 saturated heterocycles. The molecule has 2 aliphatic rings. The molecule has 2 aliphatic heterocycles. The number of carbonyl (C=O) groups is 1. The molecular weight excluding hydrogens is 401 g/mol. The van der Waals surface area contributed by atoms with E-state index in [2.05, 4.69) is 15.5 Å². The average molecular weight is 427 g/mol. The second-order valence-electron chi connectivity index (χ2n) is 6.01. The van der Waals surface area contributed by atoms with Crippen molar-refractivity contribution >= 4 is 42.3 Å². The molecule has 0 radical (unpaired) electrons. The lowest BCUT2D eigenvalue weighted by Gasteiger charge is -2.35. The van der Waals surface area contributed by atoms with Gasteiger partial charge in [-0.1, -0.05) is 29.8 Å². The van der Waals surface area contributed by atoms with Crippen molar-refractivity contribution in [3.8, 4) is 0 Å². The van der Waals surface area contributed by atoms with Gasteiger partial charge in [-0.3, -0.25) is 9.69 Å². The Bertz CT molecular complexity index is 553. The highest BCUT2D eigenvalue weighted by Gasteiger charge is 2.27. The average Bonchev–Trinajstić information content (AvgIpc) is 2.65. The van der Waals surface area contributed by atoms with Crippen LogP contribution in [0.4, 0.5) is 0 Å². The molecular formula is C17H26Cl3N3O3. The number of morpholine rings is 2. The number of benzene rings is 1. The largest absolute Gasteiger partial charge is 0.379 e. The molecule has 0 saturated carbocycles. The first-order valence-corrected chi connectivity index (χ1v) is 8.78. The third-order valence-corrected chi connectivity index (χ3v) is 4.80. The van der Waals surface area contributed by atoms with Crippen molar-refractivity contribution in [1.29, 1.82) is 0 Å². The summed E-state index contributed by atoms with van der Waals surface area (Å²) in [5.41, 5.74) is 1.04. The SMILES string of the molecule is Cl.Cl.O=C(NCC(c1ccccc1Cl)N1CCOCC1)C1COCCN1. The van der Waals surface area contributed by atoms with Gasteiger partial charge >= 0.3 is 0 Å². The molecule has 1 amide bonds. The molecule has 0 bridgehead atoms. The van der Waals surface area contributed by atoms with Crippen LogP contribution < -0.4 is 10.6 Å². The molecule has 0 aliphatic carbocycles. The van der Waals surface area contributed by atoms with Crippen molar-refractivity contribution in [2.24, 2.45) is 0 Å². The van der Waals surface area contributed by atoms with E-state index in [0.29, 0.717) is 39.5 Å². The van der Waals surface area contributed by atoms with Crippen LogP contribution in [-0.4, -0.2) is 69.5 Å². The van der Waals surface area contributed by atoms with E-state index in [1.54, 1.807) is 0 Å². The summed E-state index contributed by atoms with van der Waals surface area (Å²) in [6.07, 6.45) is 0. The predicted molar refractivity (Wildman–Crippen MR) is 107 cm³/mol. The molecule has 3 rings (SSSR count). The fourth-order valence-electron chi connectivity index (χ4n) is 3.12. The van der Waals surface area contributed by atoms with Crippen LogP contribution >= 0.6 is 36.4 Å². The summed E-state index contributed by atoms with van der Waals surface area (Å²) in [7, 11) is 0. The number of ether oxygens (including phenoxy) is 2. The number of hydrogen-bond donors (Lipinski definition) is 2. The Morgan fingerprint density at radius 3 is 2.62 bits per heavy atom. The standard InChI is InChI=1S/C17H24ClN3O3.2ClH/c18-14-4-2-1-3-13(14)16(21-6-9-23-10-7-21)11-20-17(22)15-12-24-8-5-19-15;;/h1-4,15-16,19H,5-12H2,(H,20,22);2*1H. The van der Waals surface area contributed by atoms with Gasteiger partial charge in [0.05, 0.1) is 32.5 Å². The van der Waals surface area contributed by atoms with Crippen molar-refractivity contribution < 1.29 is 14.3 Å². The number of nitrogens with one attached hydrogen (secondary N) is 2. The maximum atomic E-state index is 12.4. The summed E-state index contributed by atoms with van der Waals surface area (Å²) < 4.78 is 10.8. The van der Waals surface area contributed by atoms with Crippen molar-refractivity contribution in [3.05, 3.63) is 34.9 Å². The lowest BCUT2D eigenvalue weighted by molar-refractivity contribution is -0.126. The molecule has 2 atom stereocenters. The van der Waals surface area contributed by atoms with Crippen molar-refractivity contribution in [2.75, 3.05) is 52.6 Å². The summed E-state index contributed by atoms with van der Waals surface area (Å²) in [4.78, 5) is 14.7. The fraction of sp³-hybridized carbons (Fsp3) is 0.588. The Morgan fingerprint density at radius 1 is 1.23 bits per heavy atom. The van der Waals surface area contributed by atoms with Gasteiger partial charge in [0.25, 0.3) is 0 Å². The summed E-state index contributed by atoms with van der Waals surface area (Å²) in [5, 5.41) is 6.95. The first kappa shape index (κ1) is 23.4. The van der Waals surface area contributed by atoms with E-state index in [0.717, 1.165) is 23.7 Å². The van der Waals surface area contributed by atoms with Crippen LogP contribution in [-0.2, 0) is 14.3 Å². The van der Waals surface area contributed by atoms with Crippen LogP contribution in [0.1, 0.15) is 11.6 Å². The van der Waals surface area contributed by atoms with Gasteiger partial charge in [-0.05, 0) is 11.6 Å². The zero-order valence-corrected chi connectivity index (χ0v) is 16.9. The third-order valence-electron chi connectivity index (χ3n) is 4.46. The van der Waals surface area contributed by atoms with Crippen molar-refractivity contribution in [1.82, 2.24) is 15.5 Å². The van der Waals surface area contributed by atoms with Crippen LogP contribution in [0.25, 0.3) is 0 Å². The Morgan fingerprint density at radius 2 is 1.96 bits per heavy atom. The van der Waals surface area contributed by atoms with E-state index in [1.165, 1.54) is 0 Å². The molecule has 2 N–H and O–H groups in total. The Labute approximate surface area is 171 Å². The molecule has 9 heteroatoms. The molecule has 1 aromatic carbocycles. The number of nitrogens with zero attached hydrogens (tertiary/aromatic N) is 1. The van der Waals surface area contributed by atoms with E-state index < -0.39 is 0 Å². The topological polar surface area (TPSA) is 62.8 Å².